The molecule has 0 unspecified atom stereocenters. The van der Waals surface area contributed by atoms with Gasteiger partial charge in [-0.2, -0.15) is 0 Å². The molecule has 0 saturated carbocycles. The van der Waals surface area contributed by atoms with Gasteiger partial charge in [0.05, 0.1) is 4.90 Å². The summed E-state index contributed by atoms with van der Waals surface area (Å²) < 4.78 is 28.5. The SMILES string of the molecule is Cc1ccc(C)c(COc2ccc(S(N)(=O)=O)c(C)c2)c1. The summed E-state index contributed by atoms with van der Waals surface area (Å²) in [5.74, 6) is 0.626. The molecule has 0 atom stereocenters. The normalized spacial score (nSPS) is 11.4. The van der Waals surface area contributed by atoms with Crippen molar-refractivity contribution < 1.29 is 13.2 Å². The third-order valence-electron chi connectivity index (χ3n) is 3.35. The van der Waals surface area contributed by atoms with Crippen molar-refractivity contribution >= 4 is 10.0 Å². The molecule has 0 aromatic heterocycles. The molecule has 21 heavy (non-hydrogen) atoms. The Morgan fingerprint density at radius 2 is 1.71 bits per heavy atom. The fourth-order valence-corrected chi connectivity index (χ4v) is 2.91. The topological polar surface area (TPSA) is 69.4 Å². The van der Waals surface area contributed by atoms with Crippen molar-refractivity contribution in [1.29, 1.82) is 0 Å². The molecule has 0 fully saturated rings. The Bertz CT molecular complexity index is 767. The molecule has 5 heteroatoms. The number of rotatable bonds is 4. The zero-order chi connectivity index (χ0) is 15.6. The molecule has 112 valence electrons. The van der Waals surface area contributed by atoms with Crippen LogP contribution in [0.5, 0.6) is 5.75 Å². The molecule has 0 radical (unpaired) electrons. The van der Waals surface area contributed by atoms with Crippen LogP contribution in [0.1, 0.15) is 22.3 Å². The van der Waals surface area contributed by atoms with Crippen molar-refractivity contribution in [2.45, 2.75) is 32.3 Å². The Balaban J connectivity index is 2.18. The van der Waals surface area contributed by atoms with E-state index in [0.29, 0.717) is 17.9 Å². The second kappa shape index (κ2) is 5.87. The number of aryl methyl sites for hydroxylation is 3. The van der Waals surface area contributed by atoms with Gasteiger partial charge in [-0.3, -0.25) is 0 Å². The minimum atomic E-state index is -3.69. The lowest BCUT2D eigenvalue weighted by Crippen LogP contribution is -2.13. The van der Waals surface area contributed by atoms with Crippen LogP contribution in [-0.2, 0) is 16.6 Å². The maximum Gasteiger partial charge on any atom is 0.238 e. The van der Waals surface area contributed by atoms with Crippen molar-refractivity contribution in [3.05, 3.63) is 58.7 Å². The predicted octanol–water partition coefficient (Wildman–Crippen LogP) is 2.84. The second-order valence-corrected chi connectivity index (χ2v) is 6.72. The summed E-state index contributed by atoms with van der Waals surface area (Å²) in [6.07, 6.45) is 0. The fraction of sp³-hybridized carbons (Fsp3) is 0.250. The Morgan fingerprint density at radius 1 is 1.00 bits per heavy atom. The molecular weight excluding hydrogens is 286 g/mol. The summed E-state index contributed by atoms with van der Waals surface area (Å²) >= 11 is 0. The van der Waals surface area contributed by atoms with Gasteiger partial charge < -0.3 is 4.74 Å². The molecule has 0 aliphatic rings. The first-order valence-corrected chi connectivity index (χ1v) is 8.14. The van der Waals surface area contributed by atoms with E-state index in [4.69, 9.17) is 9.88 Å². The number of hydrogen-bond donors (Lipinski definition) is 1. The van der Waals surface area contributed by atoms with Gasteiger partial charge in [0.15, 0.2) is 0 Å². The van der Waals surface area contributed by atoms with Gasteiger partial charge >= 0.3 is 0 Å². The van der Waals surface area contributed by atoms with E-state index in [2.05, 4.69) is 18.2 Å². The first kappa shape index (κ1) is 15.5. The lowest BCUT2D eigenvalue weighted by atomic mass is 10.1. The second-order valence-electron chi connectivity index (χ2n) is 5.19. The van der Waals surface area contributed by atoms with Crippen molar-refractivity contribution in [2.75, 3.05) is 0 Å². The Kier molecular flexibility index (Phi) is 4.34. The van der Waals surface area contributed by atoms with Gasteiger partial charge in [-0.1, -0.05) is 23.8 Å². The van der Waals surface area contributed by atoms with Crippen LogP contribution in [-0.4, -0.2) is 8.42 Å². The van der Waals surface area contributed by atoms with Crippen LogP contribution in [0.25, 0.3) is 0 Å². The van der Waals surface area contributed by atoms with Crippen molar-refractivity contribution in [3.63, 3.8) is 0 Å². The summed E-state index contributed by atoms with van der Waals surface area (Å²) in [7, 11) is -3.69. The first-order chi connectivity index (χ1) is 9.77. The summed E-state index contributed by atoms with van der Waals surface area (Å²) in [4.78, 5) is 0.126. The molecule has 4 nitrogen and oxygen atoms in total. The lowest BCUT2D eigenvalue weighted by molar-refractivity contribution is 0.305. The van der Waals surface area contributed by atoms with E-state index < -0.39 is 10.0 Å². The van der Waals surface area contributed by atoms with E-state index in [1.165, 1.54) is 17.2 Å². The molecule has 0 amide bonds. The molecule has 0 aliphatic carbocycles. The maximum absolute atomic E-state index is 11.4. The van der Waals surface area contributed by atoms with Crippen LogP contribution >= 0.6 is 0 Å². The highest BCUT2D eigenvalue weighted by Gasteiger charge is 2.12. The van der Waals surface area contributed by atoms with Gasteiger partial charge in [-0.05, 0) is 55.7 Å². The minimum Gasteiger partial charge on any atom is -0.489 e. The monoisotopic (exact) mass is 305 g/mol. The van der Waals surface area contributed by atoms with Crippen LogP contribution in [0, 0.1) is 20.8 Å². The molecule has 2 N–H and O–H groups in total. The third-order valence-corrected chi connectivity index (χ3v) is 4.42. The summed E-state index contributed by atoms with van der Waals surface area (Å²) in [6, 6.07) is 11.0. The number of hydrogen-bond acceptors (Lipinski definition) is 3. The molecule has 0 bridgehead atoms. The van der Waals surface area contributed by atoms with Crippen LogP contribution in [0.4, 0.5) is 0 Å². The number of nitrogens with two attached hydrogens (primary N) is 1. The lowest BCUT2D eigenvalue weighted by Gasteiger charge is -2.11. The number of benzene rings is 2. The number of ether oxygens (including phenoxy) is 1. The molecule has 0 heterocycles. The zero-order valence-electron chi connectivity index (χ0n) is 12.4. The van der Waals surface area contributed by atoms with Gasteiger partial charge in [0, 0.05) is 0 Å². The number of sulfonamides is 1. The highest BCUT2D eigenvalue weighted by atomic mass is 32.2. The highest BCUT2D eigenvalue weighted by molar-refractivity contribution is 7.89. The van der Waals surface area contributed by atoms with E-state index in [1.54, 1.807) is 19.1 Å². The third kappa shape index (κ3) is 3.83. The summed E-state index contributed by atoms with van der Waals surface area (Å²) in [6.45, 7) is 6.22. The van der Waals surface area contributed by atoms with Crippen molar-refractivity contribution in [2.24, 2.45) is 5.14 Å². The first-order valence-electron chi connectivity index (χ1n) is 6.60. The van der Waals surface area contributed by atoms with Crippen LogP contribution < -0.4 is 9.88 Å². The van der Waals surface area contributed by atoms with Crippen LogP contribution in [0.2, 0.25) is 0 Å². The van der Waals surface area contributed by atoms with Gasteiger partial charge in [-0.15, -0.1) is 0 Å². The molecular formula is C16H19NO3S. The molecule has 0 saturated heterocycles. The maximum atomic E-state index is 11.4. The van der Waals surface area contributed by atoms with Gasteiger partial charge in [0.25, 0.3) is 0 Å². The zero-order valence-corrected chi connectivity index (χ0v) is 13.2. The molecule has 2 aromatic rings. The van der Waals surface area contributed by atoms with E-state index in [9.17, 15) is 8.42 Å². The molecule has 2 aromatic carbocycles. The Morgan fingerprint density at radius 3 is 2.33 bits per heavy atom. The molecule has 0 aliphatic heterocycles. The standard InChI is InChI=1S/C16H19NO3S/c1-11-4-5-12(2)14(8-11)10-20-15-6-7-16(13(3)9-15)21(17,18)19/h4-9H,10H2,1-3H3,(H2,17,18,19). The van der Waals surface area contributed by atoms with E-state index in [-0.39, 0.29) is 4.90 Å². The fourth-order valence-electron chi connectivity index (χ4n) is 2.15. The van der Waals surface area contributed by atoms with Gasteiger partial charge in [0.1, 0.15) is 12.4 Å². The van der Waals surface area contributed by atoms with Crippen molar-refractivity contribution in [3.8, 4) is 5.75 Å². The van der Waals surface area contributed by atoms with Gasteiger partial charge in [0.2, 0.25) is 10.0 Å². The average Bonchev–Trinajstić information content (AvgIpc) is 2.38. The smallest absolute Gasteiger partial charge is 0.238 e. The Hall–Kier alpha value is -1.85. The largest absolute Gasteiger partial charge is 0.489 e. The average molecular weight is 305 g/mol. The summed E-state index contributed by atoms with van der Waals surface area (Å²) in [5.41, 5.74) is 4.04. The van der Waals surface area contributed by atoms with Gasteiger partial charge in [-0.25, -0.2) is 13.6 Å². The quantitative estimate of drug-likeness (QED) is 0.944. The molecule has 2 rings (SSSR count). The highest BCUT2D eigenvalue weighted by Crippen LogP contribution is 2.21. The minimum absolute atomic E-state index is 0.126. The van der Waals surface area contributed by atoms with Crippen LogP contribution in [0.3, 0.4) is 0 Å². The Labute approximate surface area is 125 Å². The number of primary sulfonamides is 1. The predicted molar refractivity (Wildman–Crippen MR) is 82.8 cm³/mol. The van der Waals surface area contributed by atoms with Crippen molar-refractivity contribution in [1.82, 2.24) is 0 Å². The van der Waals surface area contributed by atoms with E-state index >= 15 is 0 Å². The van der Waals surface area contributed by atoms with E-state index in [1.807, 2.05) is 13.8 Å². The summed E-state index contributed by atoms with van der Waals surface area (Å²) in [5, 5.41) is 5.14. The van der Waals surface area contributed by atoms with E-state index in [0.717, 1.165) is 5.56 Å². The van der Waals surface area contributed by atoms with Crippen LogP contribution in [0.15, 0.2) is 41.3 Å². The molecule has 0 spiro atoms.